The lowest BCUT2D eigenvalue weighted by molar-refractivity contribution is -0.140. The molecule has 138 valence electrons. The molecule has 0 aromatic rings. The van der Waals surface area contributed by atoms with Crippen molar-refractivity contribution in [2.45, 2.75) is 78.2 Å². The highest BCUT2D eigenvalue weighted by molar-refractivity contribution is 5.96. The van der Waals surface area contributed by atoms with E-state index in [9.17, 15) is 9.59 Å². The maximum Gasteiger partial charge on any atom is 0.159 e. The molecule has 4 aliphatic rings. The molecule has 1 unspecified atom stereocenters. The van der Waals surface area contributed by atoms with Gasteiger partial charge in [0.1, 0.15) is 5.78 Å². The summed E-state index contributed by atoms with van der Waals surface area (Å²) >= 11 is 0. The van der Waals surface area contributed by atoms with Crippen LogP contribution in [0.25, 0.3) is 0 Å². The highest BCUT2D eigenvalue weighted by atomic mass is 16.5. The Bertz CT molecular complexity index is 621. The summed E-state index contributed by atoms with van der Waals surface area (Å²) in [7, 11) is 0. The minimum Gasteiger partial charge on any atom is -0.378 e. The van der Waals surface area contributed by atoms with Crippen molar-refractivity contribution in [1.82, 2.24) is 0 Å². The predicted molar refractivity (Wildman–Crippen MR) is 97.1 cm³/mol. The Morgan fingerprint density at radius 3 is 2.56 bits per heavy atom. The van der Waals surface area contributed by atoms with Crippen LogP contribution >= 0.6 is 0 Å². The van der Waals surface area contributed by atoms with Gasteiger partial charge in [-0.25, -0.2) is 0 Å². The largest absolute Gasteiger partial charge is 0.378 e. The number of carbonyl (C=O) groups excluding carboxylic acids is 2. The van der Waals surface area contributed by atoms with Crippen LogP contribution in [0.2, 0.25) is 0 Å². The highest BCUT2D eigenvalue weighted by Gasteiger charge is 2.60. The number of fused-ring (bicyclic) bond motifs is 5. The van der Waals surface area contributed by atoms with Crippen LogP contribution in [0.15, 0.2) is 11.6 Å². The Kier molecular flexibility index (Phi) is 4.22. The van der Waals surface area contributed by atoms with Gasteiger partial charge in [0.2, 0.25) is 0 Å². The molecule has 0 aromatic heterocycles. The van der Waals surface area contributed by atoms with Crippen LogP contribution < -0.4 is 0 Å². The number of ketones is 2. The first kappa shape index (κ1) is 17.5. The van der Waals surface area contributed by atoms with Crippen molar-refractivity contribution >= 4 is 11.6 Å². The van der Waals surface area contributed by atoms with Crippen LogP contribution in [-0.2, 0) is 14.3 Å². The summed E-state index contributed by atoms with van der Waals surface area (Å²) in [5, 5.41) is 0. The summed E-state index contributed by atoms with van der Waals surface area (Å²) in [5.41, 5.74) is 1.23. The Morgan fingerprint density at radius 1 is 1.08 bits per heavy atom. The molecule has 6 atom stereocenters. The third-order valence-electron chi connectivity index (χ3n) is 8.17. The number of ether oxygens (including phenoxy) is 1. The van der Waals surface area contributed by atoms with E-state index in [1.54, 1.807) is 0 Å². The number of Topliss-reactive ketones (excluding diaryl/α,β-unsaturated/α-hetero) is 1. The van der Waals surface area contributed by atoms with Crippen LogP contribution in [0.5, 0.6) is 0 Å². The summed E-state index contributed by atoms with van der Waals surface area (Å²) in [6.45, 7) is 7.48. The molecule has 3 fully saturated rings. The van der Waals surface area contributed by atoms with Gasteiger partial charge in [-0.15, -0.1) is 0 Å². The first-order chi connectivity index (χ1) is 11.9. The van der Waals surface area contributed by atoms with Crippen molar-refractivity contribution in [3.63, 3.8) is 0 Å². The van der Waals surface area contributed by atoms with E-state index in [1.807, 2.05) is 6.08 Å². The molecule has 0 saturated heterocycles. The van der Waals surface area contributed by atoms with E-state index in [2.05, 4.69) is 20.8 Å². The zero-order valence-electron chi connectivity index (χ0n) is 16.0. The predicted octanol–water partition coefficient (Wildman–Crippen LogP) is 4.49. The van der Waals surface area contributed by atoms with E-state index in [4.69, 9.17) is 4.74 Å². The van der Waals surface area contributed by atoms with E-state index in [0.29, 0.717) is 23.9 Å². The van der Waals surface area contributed by atoms with Crippen molar-refractivity contribution < 1.29 is 14.3 Å². The molecular weight excluding hydrogens is 312 g/mol. The number of carbonyl (C=O) groups is 2. The molecule has 3 heteroatoms. The van der Waals surface area contributed by atoms with Crippen LogP contribution in [0, 0.1) is 28.6 Å². The fraction of sp³-hybridized carbons (Fsp3) is 0.818. The lowest BCUT2D eigenvalue weighted by Gasteiger charge is -2.56. The molecule has 0 heterocycles. The van der Waals surface area contributed by atoms with Gasteiger partial charge in [-0.3, -0.25) is 9.59 Å². The third kappa shape index (κ3) is 2.49. The van der Waals surface area contributed by atoms with Crippen molar-refractivity contribution in [3.05, 3.63) is 11.6 Å². The van der Waals surface area contributed by atoms with Gasteiger partial charge in [-0.05, 0) is 68.3 Å². The second-order valence-electron chi connectivity index (χ2n) is 9.38. The van der Waals surface area contributed by atoms with Gasteiger partial charge in [-0.2, -0.15) is 0 Å². The summed E-state index contributed by atoms with van der Waals surface area (Å²) in [6, 6.07) is 0. The van der Waals surface area contributed by atoms with Crippen LogP contribution in [0.1, 0.15) is 72.1 Å². The summed E-state index contributed by atoms with van der Waals surface area (Å²) in [5.74, 6) is 1.48. The van der Waals surface area contributed by atoms with Crippen LogP contribution in [-0.4, -0.2) is 24.3 Å². The molecule has 3 nitrogen and oxygen atoms in total. The van der Waals surface area contributed by atoms with Gasteiger partial charge in [0.05, 0.1) is 6.10 Å². The molecular formula is C22H32O3. The minimum absolute atomic E-state index is 0.0760. The SMILES string of the molecule is CCCOC1CC[C@@]2(C)C(=CC(=O)[C@@H]3[C@H]2CC[C@]2(C)C(=O)CC[C@@H]32)C1. The Balaban J connectivity index is 1.63. The maximum absolute atomic E-state index is 13.1. The lowest BCUT2D eigenvalue weighted by Crippen LogP contribution is -2.53. The van der Waals surface area contributed by atoms with Crippen LogP contribution in [0.4, 0.5) is 0 Å². The third-order valence-corrected chi connectivity index (χ3v) is 8.17. The molecule has 3 saturated carbocycles. The molecule has 4 aliphatic carbocycles. The Labute approximate surface area is 151 Å². The molecule has 0 aliphatic heterocycles. The number of allylic oxidation sites excluding steroid dienone is 1. The zero-order valence-corrected chi connectivity index (χ0v) is 16.0. The monoisotopic (exact) mass is 344 g/mol. The molecule has 4 rings (SSSR count). The van der Waals surface area contributed by atoms with Gasteiger partial charge in [0.15, 0.2) is 5.78 Å². The second-order valence-corrected chi connectivity index (χ2v) is 9.38. The van der Waals surface area contributed by atoms with E-state index in [-0.39, 0.29) is 28.8 Å². The van der Waals surface area contributed by atoms with Gasteiger partial charge in [-0.1, -0.05) is 26.3 Å². The van der Waals surface area contributed by atoms with Crippen molar-refractivity contribution in [3.8, 4) is 0 Å². The molecule has 0 N–H and O–H groups in total. The van der Waals surface area contributed by atoms with E-state index in [0.717, 1.165) is 51.6 Å². The van der Waals surface area contributed by atoms with Crippen LogP contribution in [0.3, 0.4) is 0 Å². The quantitative estimate of drug-likeness (QED) is 0.757. The standard InChI is InChI=1S/C22H32O3/c1-4-11-25-15-7-9-21(2)14(12-15)13-18(23)20-16-5-6-19(24)22(16,3)10-8-17(20)21/h13,15-17,20H,4-12H2,1-3H3/t15?,16-,17+,20-,21-,22-/m0/s1. The average molecular weight is 344 g/mol. The van der Waals surface area contributed by atoms with E-state index in [1.165, 1.54) is 5.57 Å². The first-order valence-electron chi connectivity index (χ1n) is 10.3. The number of hydrogen-bond acceptors (Lipinski definition) is 3. The van der Waals surface area contributed by atoms with Crippen molar-refractivity contribution in [1.29, 1.82) is 0 Å². The van der Waals surface area contributed by atoms with Crippen molar-refractivity contribution in [2.75, 3.05) is 6.61 Å². The summed E-state index contributed by atoms with van der Waals surface area (Å²) < 4.78 is 6.00. The fourth-order valence-corrected chi connectivity index (χ4v) is 6.57. The first-order valence-corrected chi connectivity index (χ1v) is 10.3. The van der Waals surface area contributed by atoms with E-state index >= 15 is 0 Å². The minimum atomic E-state index is -0.236. The molecule has 0 bridgehead atoms. The fourth-order valence-electron chi connectivity index (χ4n) is 6.57. The number of rotatable bonds is 3. The Morgan fingerprint density at radius 2 is 1.80 bits per heavy atom. The summed E-state index contributed by atoms with van der Waals surface area (Å²) in [4.78, 5) is 25.6. The second kappa shape index (κ2) is 6.04. The highest BCUT2D eigenvalue weighted by Crippen LogP contribution is 2.63. The smallest absolute Gasteiger partial charge is 0.159 e. The van der Waals surface area contributed by atoms with Gasteiger partial charge >= 0.3 is 0 Å². The molecule has 0 aromatic carbocycles. The number of hydrogen-bond donors (Lipinski definition) is 0. The molecule has 0 spiro atoms. The molecule has 0 amide bonds. The van der Waals surface area contributed by atoms with E-state index < -0.39 is 0 Å². The van der Waals surface area contributed by atoms with Crippen molar-refractivity contribution in [2.24, 2.45) is 28.6 Å². The van der Waals surface area contributed by atoms with Gasteiger partial charge in [0.25, 0.3) is 0 Å². The summed E-state index contributed by atoms with van der Waals surface area (Å²) in [6.07, 6.45) is 10.1. The molecule has 0 radical (unpaired) electrons. The van der Waals surface area contributed by atoms with Gasteiger partial charge in [0, 0.05) is 24.4 Å². The Hall–Kier alpha value is -0.960. The zero-order chi connectivity index (χ0) is 17.8. The lowest BCUT2D eigenvalue weighted by atomic mass is 9.48. The average Bonchev–Trinajstić information content (AvgIpc) is 2.89. The molecule has 25 heavy (non-hydrogen) atoms. The normalized spacial score (nSPS) is 46.3. The maximum atomic E-state index is 13.1. The van der Waals surface area contributed by atoms with Gasteiger partial charge < -0.3 is 4.74 Å². The topological polar surface area (TPSA) is 43.4 Å².